The van der Waals surface area contributed by atoms with Gasteiger partial charge in [0.2, 0.25) is 0 Å². The highest BCUT2D eigenvalue weighted by Gasteiger charge is 2.09. The summed E-state index contributed by atoms with van der Waals surface area (Å²) in [7, 11) is 0. The molecule has 3 aromatic heterocycles. The van der Waals surface area contributed by atoms with Crippen LogP contribution < -0.4 is 5.32 Å². The van der Waals surface area contributed by atoms with Crippen molar-refractivity contribution >= 4 is 16.9 Å². The van der Waals surface area contributed by atoms with E-state index in [2.05, 4.69) is 30.6 Å². The van der Waals surface area contributed by atoms with Crippen molar-refractivity contribution in [2.24, 2.45) is 0 Å². The molecule has 0 saturated heterocycles. The number of hydrogen-bond acceptors (Lipinski definition) is 5. The van der Waals surface area contributed by atoms with E-state index in [9.17, 15) is 4.79 Å². The van der Waals surface area contributed by atoms with Crippen LogP contribution in [0, 0.1) is 0 Å². The minimum absolute atomic E-state index is 0.176. The second-order valence-electron chi connectivity index (χ2n) is 5.18. The summed E-state index contributed by atoms with van der Waals surface area (Å²) in [5, 5.41) is 10.9. The predicted octanol–water partition coefficient (Wildman–Crippen LogP) is 1.47. The smallest absolute Gasteiger partial charge is 0.251 e. The van der Waals surface area contributed by atoms with Gasteiger partial charge in [-0.3, -0.25) is 9.78 Å². The fraction of sp³-hybridized carbons (Fsp3) is 0.0625. The zero-order valence-electron chi connectivity index (χ0n) is 12.5. The molecule has 118 valence electrons. The topological polar surface area (TPSA) is 101 Å². The van der Waals surface area contributed by atoms with Crippen molar-refractivity contribution in [3.8, 4) is 5.69 Å². The lowest BCUT2D eigenvalue weighted by molar-refractivity contribution is 0.0950. The molecular formula is C16H13N7O. The maximum absolute atomic E-state index is 12.3. The van der Waals surface area contributed by atoms with Crippen molar-refractivity contribution in [1.29, 1.82) is 0 Å². The third-order valence-electron chi connectivity index (χ3n) is 3.58. The lowest BCUT2D eigenvalue weighted by Crippen LogP contribution is -2.22. The number of aromatic amines is 1. The molecule has 8 heteroatoms. The van der Waals surface area contributed by atoms with Crippen LogP contribution in [0.25, 0.3) is 16.7 Å². The van der Waals surface area contributed by atoms with Crippen molar-refractivity contribution in [2.45, 2.75) is 6.54 Å². The highest BCUT2D eigenvalue weighted by Crippen LogP contribution is 2.11. The Bertz CT molecular complexity index is 990. The molecule has 24 heavy (non-hydrogen) atoms. The number of pyridine rings is 1. The first-order valence-corrected chi connectivity index (χ1v) is 7.32. The van der Waals surface area contributed by atoms with Gasteiger partial charge in [-0.15, -0.1) is 5.10 Å². The van der Waals surface area contributed by atoms with Crippen LogP contribution >= 0.6 is 0 Å². The van der Waals surface area contributed by atoms with Gasteiger partial charge in [0.05, 0.1) is 35.8 Å². The van der Waals surface area contributed by atoms with Crippen molar-refractivity contribution in [2.75, 3.05) is 0 Å². The summed E-state index contributed by atoms with van der Waals surface area (Å²) in [6.07, 6.45) is 6.74. The molecular weight excluding hydrogens is 306 g/mol. The molecule has 0 saturated carbocycles. The Morgan fingerprint density at radius 1 is 1.21 bits per heavy atom. The SMILES string of the molecule is O=C(NCc1cn(-c2ccncc2)nn1)c1ccc2nc[nH]c2c1. The molecule has 4 aromatic rings. The van der Waals surface area contributed by atoms with E-state index in [1.165, 1.54) is 0 Å². The Kier molecular flexibility index (Phi) is 3.47. The first-order valence-electron chi connectivity index (χ1n) is 7.32. The van der Waals surface area contributed by atoms with Crippen LogP contribution in [0.5, 0.6) is 0 Å². The molecule has 0 bridgehead atoms. The van der Waals surface area contributed by atoms with Crippen molar-refractivity contribution < 1.29 is 4.79 Å². The molecule has 4 rings (SSSR count). The normalized spacial score (nSPS) is 10.8. The van der Waals surface area contributed by atoms with Gasteiger partial charge in [0.25, 0.3) is 5.91 Å². The number of carbonyl (C=O) groups excluding carboxylic acids is 1. The fourth-order valence-corrected chi connectivity index (χ4v) is 2.35. The summed E-state index contributed by atoms with van der Waals surface area (Å²) in [6.45, 7) is 0.297. The minimum atomic E-state index is -0.176. The van der Waals surface area contributed by atoms with Gasteiger partial charge in [0, 0.05) is 18.0 Å². The Morgan fingerprint density at radius 3 is 2.96 bits per heavy atom. The number of imidazole rings is 1. The van der Waals surface area contributed by atoms with Gasteiger partial charge in [-0.25, -0.2) is 9.67 Å². The molecule has 1 aromatic carbocycles. The number of benzene rings is 1. The lowest BCUT2D eigenvalue weighted by Gasteiger charge is -2.03. The molecule has 0 spiro atoms. The third-order valence-corrected chi connectivity index (χ3v) is 3.58. The number of aromatic nitrogens is 6. The molecule has 0 radical (unpaired) electrons. The summed E-state index contributed by atoms with van der Waals surface area (Å²) >= 11 is 0. The van der Waals surface area contributed by atoms with Gasteiger partial charge in [0.1, 0.15) is 5.69 Å². The van der Waals surface area contributed by atoms with Gasteiger partial charge < -0.3 is 10.3 Å². The van der Waals surface area contributed by atoms with Gasteiger partial charge in [0.15, 0.2) is 0 Å². The number of fused-ring (bicyclic) bond motifs is 1. The minimum Gasteiger partial charge on any atom is -0.346 e. The van der Waals surface area contributed by atoms with Crippen LogP contribution in [-0.2, 0) is 6.54 Å². The monoisotopic (exact) mass is 319 g/mol. The Balaban J connectivity index is 1.45. The summed E-state index contributed by atoms with van der Waals surface area (Å²) in [5.74, 6) is -0.176. The van der Waals surface area contributed by atoms with E-state index in [1.54, 1.807) is 47.8 Å². The number of H-pyrrole nitrogens is 1. The van der Waals surface area contributed by atoms with Crippen LogP contribution in [0.3, 0.4) is 0 Å². The summed E-state index contributed by atoms with van der Waals surface area (Å²) in [5.41, 5.74) is 3.74. The first-order chi connectivity index (χ1) is 11.8. The third kappa shape index (κ3) is 2.72. The number of amides is 1. The lowest BCUT2D eigenvalue weighted by atomic mass is 10.2. The van der Waals surface area contributed by atoms with Crippen LogP contribution in [0.2, 0.25) is 0 Å². The van der Waals surface area contributed by atoms with Gasteiger partial charge in [-0.05, 0) is 30.3 Å². The molecule has 8 nitrogen and oxygen atoms in total. The molecule has 0 aliphatic heterocycles. The van der Waals surface area contributed by atoms with Gasteiger partial charge in [-0.1, -0.05) is 5.21 Å². The number of nitrogens with zero attached hydrogens (tertiary/aromatic N) is 5. The molecule has 0 unspecified atom stereocenters. The molecule has 1 amide bonds. The molecule has 2 N–H and O–H groups in total. The number of carbonyl (C=O) groups is 1. The van der Waals surface area contributed by atoms with E-state index in [4.69, 9.17) is 0 Å². The van der Waals surface area contributed by atoms with E-state index in [0.717, 1.165) is 16.7 Å². The summed E-state index contributed by atoms with van der Waals surface area (Å²) in [4.78, 5) is 23.3. The predicted molar refractivity (Wildman–Crippen MR) is 86.4 cm³/mol. The second-order valence-corrected chi connectivity index (χ2v) is 5.18. The number of hydrogen-bond donors (Lipinski definition) is 2. The van der Waals surface area contributed by atoms with E-state index in [-0.39, 0.29) is 5.91 Å². The first kappa shape index (κ1) is 14.1. The average molecular weight is 319 g/mol. The van der Waals surface area contributed by atoms with Crippen molar-refractivity contribution in [1.82, 2.24) is 35.3 Å². The molecule has 3 heterocycles. The number of nitrogens with one attached hydrogen (secondary N) is 2. The summed E-state index contributed by atoms with van der Waals surface area (Å²) in [6, 6.07) is 8.98. The van der Waals surface area contributed by atoms with E-state index < -0.39 is 0 Å². The van der Waals surface area contributed by atoms with Crippen LogP contribution in [0.1, 0.15) is 16.1 Å². The quantitative estimate of drug-likeness (QED) is 0.593. The Hall–Kier alpha value is -3.55. The zero-order chi connectivity index (χ0) is 16.4. The maximum Gasteiger partial charge on any atom is 0.251 e. The largest absolute Gasteiger partial charge is 0.346 e. The highest BCUT2D eigenvalue weighted by atomic mass is 16.1. The van der Waals surface area contributed by atoms with Crippen LogP contribution in [-0.4, -0.2) is 35.9 Å². The Labute approximate surface area is 136 Å². The van der Waals surface area contributed by atoms with Gasteiger partial charge >= 0.3 is 0 Å². The number of rotatable bonds is 4. The standard InChI is InChI=1S/C16H13N7O/c24-16(11-1-2-14-15(7-11)20-10-19-14)18-8-12-9-23(22-21-12)13-3-5-17-6-4-13/h1-7,9-10H,8H2,(H,18,24)(H,19,20). The maximum atomic E-state index is 12.3. The van der Waals surface area contributed by atoms with Crippen molar-refractivity contribution in [3.63, 3.8) is 0 Å². The Morgan fingerprint density at radius 2 is 2.08 bits per heavy atom. The molecule has 0 aliphatic carbocycles. The zero-order valence-corrected chi connectivity index (χ0v) is 12.5. The van der Waals surface area contributed by atoms with Gasteiger partial charge in [-0.2, -0.15) is 0 Å². The average Bonchev–Trinajstić information content (AvgIpc) is 3.29. The molecule has 0 fully saturated rings. The summed E-state index contributed by atoms with van der Waals surface area (Å²) < 4.78 is 1.64. The molecule has 0 atom stereocenters. The van der Waals surface area contributed by atoms with Crippen LogP contribution in [0.4, 0.5) is 0 Å². The van der Waals surface area contributed by atoms with Crippen LogP contribution in [0.15, 0.2) is 55.2 Å². The second kappa shape index (κ2) is 5.92. The van der Waals surface area contributed by atoms with E-state index in [1.807, 2.05) is 12.1 Å². The highest BCUT2D eigenvalue weighted by molar-refractivity contribution is 5.97. The van der Waals surface area contributed by atoms with E-state index >= 15 is 0 Å². The van der Waals surface area contributed by atoms with Crippen molar-refractivity contribution in [3.05, 3.63) is 66.5 Å². The van der Waals surface area contributed by atoms with E-state index in [0.29, 0.717) is 17.8 Å². The molecule has 0 aliphatic rings. The fourth-order valence-electron chi connectivity index (χ4n) is 2.35.